The number of nitrogens with zero attached hydrogens (tertiary/aromatic N) is 2. The van der Waals surface area contributed by atoms with Crippen LogP contribution in [0, 0.1) is 6.92 Å². The minimum atomic E-state index is 0.702. The highest BCUT2D eigenvalue weighted by Crippen LogP contribution is 2.36. The lowest BCUT2D eigenvalue weighted by atomic mass is 9.97. The molecule has 25 heavy (non-hydrogen) atoms. The third kappa shape index (κ3) is 2.42. The molecule has 0 N–H and O–H groups in total. The molecule has 0 aliphatic carbocycles. The number of benzene rings is 1. The molecule has 126 valence electrons. The van der Waals surface area contributed by atoms with E-state index in [9.17, 15) is 0 Å². The van der Waals surface area contributed by atoms with Crippen LogP contribution in [-0.4, -0.2) is 4.98 Å². The Bertz CT molecular complexity index is 1090. The van der Waals surface area contributed by atoms with E-state index in [1.54, 1.807) is 6.20 Å². The van der Waals surface area contributed by atoms with Crippen molar-refractivity contribution >= 4 is 22.1 Å². The van der Waals surface area contributed by atoms with E-state index in [1.165, 1.54) is 22.4 Å². The molecule has 4 rings (SSSR count). The number of pyridine rings is 2. The van der Waals surface area contributed by atoms with Gasteiger partial charge in [0.25, 0.3) is 0 Å². The zero-order chi connectivity index (χ0) is 17.6. The zero-order valence-electron chi connectivity index (χ0n) is 15.3. The van der Waals surface area contributed by atoms with E-state index in [4.69, 9.17) is 4.42 Å². The molecule has 0 atom stereocenters. The molecule has 3 heterocycles. The first-order valence-corrected chi connectivity index (χ1v) is 8.92. The topological polar surface area (TPSA) is 29.9 Å². The number of aryl methyl sites for hydroxylation is 4. The molecule has 3 aromatic heterocycles. The second-order valence-electron chi connectivity index (χ2n) is 6.62. The zero-order valence-corrected chi connectivity index (χ0v) is 15.3. The van der Waals surface area contributed by atoms with E-state index in [-0.39, 0.29) is 0 Å². The summed E-state index contributed by atoms with van der Waals surface area (Å²) >= 11 is 0. The number of rotatable bonds is 3. The minimum absolute atomic E-state index is 0.702. The monoisotopic (exact) mass is 331 g/mol. The van der Waals surface area contributed by atoms with E-state index in [1.807, 2.05) is 6.07 Å². The van der Waals surface area contributed by atoms with Crippen LogP contribution >= 0.6 is 0 Å². The Labute approximate surface area is 147 Å². The fourth-order valence-corrected chi connectivity index (χ4v) is 3.73. The molecule has 0 radical (unpaired) electrons. The van der Waals surface area contributed by atoms with Gasteiger partial charge in [-0.25, -0.2) is 9.55 Å². The third-order valence-electron chi connectivity index (χ3n) is 5.10. The maximum atomic E-state index is 6.18. The third-order valence-corrected chi connectivity index (χ3v) is 5.10. The maximum absolute atomic E-state index is 6.18. The quantitative estimate of drug-likeness (QED) is 0.500. The Morgan fingerprint density at radius 1 is 1.04 bits per heavy atom. The average Bonchev–Trinajstić information content (AvgIpc) is 3.00. The summed E-state index contributed by atoms with van der Waals surface area (Å²) in [7, 11) is 2.12. The van der Waals surface area contributed by atoms with Crippen molar-refractivity contribution in [3.63, 3.8) is 0 Å². The van der Waals surface area contributed by atoms with E-state index in [0.29, 0.717) is 5.71 Å². The standard InChI is InChI=1S/C22H23N2O/c1-5-15-12-19(24(4)13-16(15)6-2)20-14(3)9-10-17-18-8-7-11-23-22(18)25-21(17)20/h7-13H,5-6H2,1-4H3/q+1. The molecule has 0 amide bonds. The van der Waals surface area contributed by atoms with Crippen LogP contribution in [0.3, 0.4) is 0 Å². The normalized spacial score (nSPS) is 11.5. The summed E-state index contributed by atoms with van der Waals surface area (Å²) in [4.78, 5) is 4.39. The first-order valence-electron chi connectivity index (χ1n) is 8.92. The highest BCUT2D eigenvalue weighted by molar-refractivity contribution is 6.08. The Hall–Kier alpha value is -2.68. The summed E-state index contributed by atoms with van der Waals surface area (Å²) in [6.07, 6.45) is 6.12. The van der Waals surface area contributed by atoms with Crippen LogP contribution in [-0.2, 0) is 19.9 Å². The first-order chi connectivity index (χ1) is 12.1. The van der Waals surface area contributed by atoms with Gasteiger partial charge in [0, 0.05) is 28.6 Å². The molecule has 0 fully saturated rings. The van der Waals surface area contributed by atoms with Crippen LogP contribution in [0.25, 0.3) is 33.3 Å². The van der Waals surface area contributed by atoms with Crippen molar-refractivity contribution in [1.29, 1.82) is 0 Å². The van der Waals surface area contributed by atoms with Crippen LogP contribution in [0.1, 0.15) is 30.5 Å². The lowest BCUT2D eigenvalue weighted by Crippen LogP contribution is -2.32. The fourth-order valence-electron chi connectivity index (χ4n) is 3.73. The summed E-state index contributed by atoms with van der Waals surface area (Å²) in [6, 6.07) is 10.7. The van der Waals surface area contributed by atoms with Crippen molar-refractivity contribution in [2.24, 2.45) is 7.05 Å². The molecular weight excluding hydrogens is 308 g/mol. The van der Waals surface area contributed by atoms with Gasteiger partial charge in [0.05, 0.1) is 5.56 Å². The predicted molar refractivity (Wildman–Crippen MR) is 102 cm³/mol. The molecule has 3 heteroatoms. The Balaban J connectivity index is 2.09. The lowest BCUT2D eigenvalue weighted by molar-refractivity contribution is -0.660. The van der Waals surface area contributed by atoms with Gasteiger partial charge in [-0.05, 0) is 43.0 Å². The summed E-state index contributed by atoms with van der Waals surface area (Å²) in [5.41, 5.74) is 8.01. The summed E-state index contributed by atoms with van der Waals surface area (Å²) in [5.74, 6) is 0. The van der Waals surface area contributed by atoms with Crippen molar-refractivity contribution in [2.75, 3.05) is 0 Å². The van der Waals surface area contributed by atoms with Gasteiger partial charge in [0.2, 0.25) is 11.4 Å². The van der Waals surface area contributed by atoms with Crippen LogP contribution in [0.2, 0.25) is 0 Å². The van der Waals surface area contributed by atoms with Crippen molar-refractivity contribution < 1.29 is 8.98 Å². The Morgan fingerprint density at radius 2 is 1.84 bits per heavy atom. The number of fused-ring (bicyclic) bond motifs is 3. The second-order valence-corrected chi connectivity index (χ2v) is 6.62. The molecule has 0 aliphatic heterocycles. The maximum Gasteiger partial charge on any atom is 0.227 e. The number of hydrogen-bond acceptors (Lipinski definition) is 2. The van der Waals surface area contributed by atoms with Crippen molar-refractivity contribution in [2.45, 2.75) is 33.6 Å². The van der Waals surface area contributed by atoms with Gasteiger partial charge in [-0.3, -0.25) is 0 Å². The van der Waals surface area contributed by atoms with E-state index < -0.39 is 0 Å². The molecule has 0 saturated carbocycles. The summed E-state index contributed by atoms with van der Waals surface area (Å²) in [6.45, 7) is 6.58. The molecule has 4 aromatic rings. The van der Waals surface area contributed by atoms with Gasteiger partial charge in [-0.2, -0.15) is 0 Å². The van der Waals surface area contributed by atoms with Gasteiger partial charge < -0.3 is 4.42 Å². The molecule has 0 unspecified atom stereocenters. The van der Waals surface area contributed by atoms with Gasteiger partial charge >= 0.3 is 0 Å². The van der Waals surface area contributed by atoms with Gasteiger partial charge in [-0.15, -0.1) is 0 Å². The van der Waals surface area contributed by atoms with Crippen LogP contribution in [0.5, 0.6) is 0 Å². The van der Waals surface area contributed by atoms with E-state index >= 15 is 0 Å². The second kappa shape index (κ2) is 5.99. The molecule has 3 nitrogen and oxygen atoms in total. The number of aromatic nitrogens is 2. The Morgan fingerprint density at radius 3 is 2.60 bits per heavy atom. The van der Waals surface area contributed by atoms with Gasteiger partial charge in [0.15, 0.2) is 11.8 Å². The van der Waals surface area contributed by atoms with Gasteiger partial charge in [0.1, 0.15) is 7.05 Å². The minimum Gasteiger partial charge on any atom is -0.437 e. The fraction of sp³-hybridized carbons (Fsp3) is 0.273. The molecule has 0 aliphatic rings. The molecule has 0 bridgehead atoms. The SMILES string of the molecule is CCc1cc(-c2c(C)ccc3c2oc2ncccc23)[n+](C)cc1CC. The largest absolute Gasteiger partial charge is 0.437 e. The lowest BCUT2D eigenvalue weighted by Gasteiger charge is -2.10. The molecular formula is C22H23N2O+. The van der Waals surface area contributed by atoms with E-state index in [0.717, 1.165) is 34.8 Å². The number of furan rings is 1. The van der Waals surface area contributed by atoms with E-state index in [2.05, 4.69) is 67.8 Å². The summed E-state index contributed by atoms with van der Waals surface area (Å²) in [5, 5.41) is 2.20. The molecule has 1 aromatic carbocycles. The molecule has 0 saturated heterocycles. The van der Waals surface area contributed by atoms with Crippen LogP contribution in [0.15, 0.2) is 47.1 Å². The molecule has 0 spiro atoms. The van der Waals surface area contributed by atoms with Crippen LogP contribution < -0.4 is 4.57 Å². The summed E-state index contributed by atoms with van der Waals surface area (Å²) < 4.78 is 8.40. The average molecular weight is 331 g/mol. The van der Waals surface area contributed by atoms with Crippen molar-refractivity contribution in [3.05, 3.63) is 59.4 Å². The van der Waals surface area contributed by atoms with Gasteiger partial charge in [-0.1, -0.05) is 26.0 Å². The Kier molecular flexibility index (Phi) is 3.79. The number of hydrogen-bond donors (Lipinski definition) is 0. The van der Waals surface area contributed by atoms with Crippen LogP contribution in [0.4, 0.5) is 0 Å². The van der Waals surface area contributed by atoms with Crippen molar-refractivity contribution in [1.82, 2.24) is 4.98 Å². The predicted octanol–water partition coefficient (Wildman–Crippen LogP) is 4.91. The first kappa shape index (κ1) is 15.8. The smallest absolute Gasteiger partial charge is 0.227 e. The highest BCUT2D eigenvalue weighted by atomic mass is 16.3. The highest BCUT2D eigenvalue weighted by Gasteiger charge is 2.22. The van der Waals surface area contributed by atoms with Crippen molar-refractivity contribution in [3.8, 4) is 11.3 Å².